The summed E-state index contributed by atoms with van der Waals surface area (Å²) in [4.78, 5) is 12.8. The van der Waals surface area contributed by atoms with E-state index in [0.29, 0.717) is 0 Å². The van der Waals surface area contributed by atoms with E-state index in [9.17, 15) is 4.79 Å². The fourth-order valence-corrected chi connectivity index (χ4v) is 2.81. The van der Waals surface area contributed by atoms with Gasteiger partial charge in [0.05, 0.1) is 11.6 Å². The second kappa shape index (κ2) is 4.33. The molecule has 90 valence electrons. The Hall–Kier alpha value is -1.62. The molecule has 0 aromatic carbocycles. The minimum atomic E-state index is -0.790. The van der Waals surface area contributed by atoms with Crippen LogP contribution in [0.15, 0.2) is 18.3 Å². The molecule has 0 saturated heterocycles. The normalized spacial score (nSPS) is 12.6. The molecule has 0 aliphatic carbocycles. The van der Waals surface area contributed by atoms with E-state index in [0.717, 1.165) is 21.0 Å². The molecule has 2 heterocycles. The van der Waals surface area contributed by atoms with Crippen LogP contribution in [0.1, 0.15) is 23.4 Å². The number of thiophene rings is 1. The summed E-state index contributed by atoms with van der Waals surface area (Å²) in [6.07, 6.45) is 1.95. The molecule has 0 amide bonds. The van der Waals surface area contributed by atoms with Crippen molar-refractivity contribution in [2.24, 2.45) is 7.05 Å². The zero-order valence-corrected chi connectivity index (χ0v) is 10.8. The van der Waals surface area contributed by atoms with Gasteiger partial charge in [0.25, 0.3) is 0 Å². The van der Waals surface area contributed by atoms with Crippen LogP contribution in [0, 0.1) is 6.92 Å². The van der Waals surface area contributed by atoms with Crippen molar-refractivity contribution in [3.63, 3.8) is 0 Å². The Labute approximate surface area is 104 Å². The van der Waals surface area contributed by atoms with Crippen molar-refractivity contribution in [2.45, 2.75) is 19.8 Å². The average Bonchev–Trinajstić information content (AvgIpc) is 2.83. The standard InChI is InChI=1S/C12H14N2O2S/c1-7(12(15)16)10-4-5-11(17-10)9-6-14(3)13-8(9)2/h4-7H,1-3H3,(H,15,16). The maximum absolute atomic E-state index is 10.9. The molecule has 0 fully saturated rings. The molecule has 1 atom stereocenters. The van der Waals surface area contributed by atoms with E-state index in [1.165, 1.54) is 11.3 Å². The van der Waals surface area contributed by atoms with E-state index >= 15 is 0 Å². The quantitative estimate of drug-likeness (QED) is 0.911. The highest BCUT2D eigenvalue weighted by Crippen LogP contribution is 2.33. The summed E-state index contributed by atoms with van der Waals surface area (Å²) in [5.41, 5.74) is 2.03. The number of nitrogens with zero attached hydrogens (tertiary/aromatic N) is 2. The molecule has 4 nitrogen and oxygen atoms in total. The minimum Gasteiger partial charge on any atom is -0.481 e. The topological polar surface area (TPSA) is 55.1 Å². The summed E-state index contributed by atoms with van der Waals surface area (Å²) >= 11 is 1.52. The van der Waals surface area contributed by atoms with Crippen LogP contribution in [0.4, 0.5) is 0 Å². The molecular weight excluding hydrogens is 236 g/mol. The van der Waals surface area contributed by atoms with E-state index in [1.54, 1.807) is 11.6 Å². The molecule has 1 unspecified atom stereocenters. The van der Waals surface area contributed by atoms with Gasteiger partial charge in [-0.2, -0.15) is 5.10 Å². The Morgan fingerprint density at radius 3 is 2.76 bits per heavy atom. The minimum absolute atomic E-state index is 0.453. The van der Waals surface area contributed by atoms with Gasteiger partial charge in [0.15, 0.2) is 0 Å². The predicted molar refractivity (Wildman–Crippen MR) is 67.3 cm³/mol. The number of hydrogen-bond donors (Lipinski definition) is 1. The molecule has 0 saturated carbocycles. The van der Waals surface area contributed by atoms with Gasteiger partial charge in [-0.15, -0.1) is 11.3 Å². The first-order valence-electron chi connectivity index (χ1n) is 5.32. The number of aliphatic carboxylic acids is 1. The first kappa shape index (κ1) is 11.9. The van der Waals surface area contributed by atoms with Crippen LogP contribution in [-0.4, -0.2) is 20.9 Å². The number of aromatic nitrogens is 2. The van der Waals surface area contributed by atoms with Gasteiger partial charge in [-0.05, 0) is 26.0 Å². The van der Waals surface area contributed by atoms with Crippen molar-refractivity contribution in [1.82, 2.24) is 9.78 Å². The zero-order valence-electron chi connectivity index (χ0n) is 9.97. The Balaban J connectivity index is 2.36. The van der Waals surface area contributed by atoms with E-state index in [2.05, 4.69) is 5.10 Å². The summed E-state index contributed by atoms with van der Waals surface area (Å²) in [6.45, 7) is 3.66. The number of aryl methyl sites for hydroxylation is 2. The molecule has 2 aromatic rings. The summed E-state index contributed by atoms with van der Waals surface area (Å²) < 4.78 is 1.77. The smallest absolute Gasteiger partial charge is 0.311 e. The molecule has 17 heavy (non-hydrogen) atoms. The van der Waals surface area contributed by atoms with Gasteiger partial charge in [-0.3, -0.25) is 9.48 Å². The number of hydrogen-bond acceptors (Lipinski definition) is 3. The fraction of sp³-hybridized carbons (Fsp3) is 0.333. The highest BCUT2D eigenvalue weighted by Gasteiger charge is 2.17. The molecule has 2 aromatic heterocycles. The second-order valence-corrected chi connectivity index (χ2v) is 5.18. The third kappa shape index (κ3) is 2.24. The Kier molecular flexibility index (Phi) is 3.02. The van der Waals surface area contributed by atoms with Crippen LogP contribution in [0.3, 0.4) is 0 Å². The van der Waals surface area contributed by atoms with Crippen LogP contribution in [0.25, 0.3) is 10.4 Å². The molecule has 0 radical (unpaired) electrons. The van der Waals surface area contributed by atoms with E-state index in [1.807, 2.05) is 32.3 Å². The van der Waals surface area contributed by atoms with E-state index in [-0.39, 0.29) is 0 Å². The monoisotopic (exact) mass is 250 g/mol. The highest BCUT2D eigenvalue weighted by atomic mass is 32.1. The van der Waals surface area contributed by atoms with Gasteiger partial charge in [0.2, 0.25) is 0 Å². The molecule has 0 aliphatic rings. The third-order valence-corrected chi connectivity index (χ3v) is 4.00. The van der Waals surface area contributed by atoms with Gasteiger partial charge in [0.1, 0.15) is 0 Å². The first-order valence-corrected chi connectivity index (χ1v) is 6.14. The molecule has 1 N–H and O–H groups in total. The Morgan fingerprint density at radius 1 is 1.53 bits per heavy atom. The lowest BCUT2D eigenvalue weighted by atomic mass is 10.1. The van der Waals surface area contributed by atoms with Crippen molar-refractivity contribution in [3.05, 3.63) is 28.9 Å². The van der Waals surface area contributed by atoms with Crippen molar-refractivity contribution in [3.8, 4) is 10.4 Å². The number of carboxylic acids is 1. The Morgan fingerprint density at radius 2 is 2.24 bits per heavy atom. The fourth-order valence-electron chi connectivity index (χ4n) is 1.69. The lowest BCUT2D eigenvalue weighted by molar-refractivity contribution is -0.138. The number of rotatable bonds is 3. The van der Waals surface area contributed by atoms with Crippen LogP contribution in [0.2, 0.25) is 0 Å². The van der Waals surface area contributed by atoms with Crippen molar-refractivity contribution >= 4 is 17.3 Å². The maximum Gasteiger partial charge on any atom is 0.311 e. The van der Waals surface area contributed by atoms with E-state index < -0.39 is 11.9 Å². The highest BCUT2D eigenvalue weighted by molar-refractivity contribution is 7.15. The lowest BCUT2D eigenvalue weighted by Crippen LogP contribution is -2.04. The molecule has 2 rings (SSSR count). The van der Waals surface area contributed by atoms with E-state index in [4.69, 9.17) is 5.11 Å². The summed E-state index contributed by atoms with van der Waals surface area (Å²) in [5.74, 6) is -1.24. The Bertz CT molecular complexity index is 557. The predicted octanol–water partition coefficient (Wildman–Crippen LogP) is 2.65. The van der Waals surface area contributed by atoms with Crippen LogP contribution < -0.4 is 0 Å². The van der Waals surface area contributed by atoms with Crippen molar-refractivity contribution in [2.75, 3.05) is 0 Å². The number of carbonyl (C=O) groups is 1. The van der Waals surface area contributed by atoms with Crippen molar-refractivity contribution in [1.29, 1.82) is 0 Å². The molecule has 0 bridgehead atoms. The van der Waals surface area contributed by atoms with Crippen LogP contribution in [0.5, 0.6) is 0 Å². The first-order chi connectivity index (χ1) is 7.99. The second-order valence-electron chi connectivity index (χ2n) is 4.06. The molecule has 0 aliphatic heterocycles. The zero-order chi connectivity index (χ0) is 12.6. The molecule has 5 heteroatoms. The third-order valence-electron chi connectivity index (χ3n) is 2.70. The summed E-state index contributed by atoms with van der Waals surface area (Å²) in [6, 6.07) is 3.84. The SMILES string of the molecule is Cc1nn(C)cc1-c1ccc(C(C)C(=O)O)s1. The summed E-state index contributed by atoms with van der Waals surface area (Å²) in [7, 11) is 1.88. The van der Waals surface area contributed by atoms with Gasteiger partial charge < -0.3 is 5.11 Å². The van der Waals surface area contributed by atoms with Gasteiger partial charge in [-0.25, -0.2) is 0 Å². The van der Waals surface area contributed by atoms with Gasteiger partial charge in [-0.1, -0.05) is 0 Å². The van der Waals surface area contributed by atoms with Crippen LogP contribution in [-0.2, 0) is 11.8 Å². The van der Waals surface area contributed by atoms with Gasteiger partial charge >= 0.3 is 5.97 Å². The number of carboxylic acid groups (broad SMARTS) is 1. The largest absolute Gasteiger partial charge is 0.481 e. The average molecular weight is 250 g/mol. The maximum atomic E-state index is 10.9. The van der Waals surface area contributed by atoms with Crippen LogP contribution >= 0.6 is 11.3 Å². The van der Waals surface area contributed by atoms with Gasteiger partial charge in [0, 0.05) is 28.6 Å². The van der Waals surface area contributed by atoms with Crippen molar-refractivity contribution < 1.29 is 9.90 Å². The lowest BCUT2D eigenvalue weighted by Gasteiger charge is -2.00. The molecular formula is C12H14N2O2S. The molecule has 0 spiro atoms. The summed E-state index contributed by atoms with van der Waals surface area (Å²) in [5, 5.41) is 13.2.